The Morgan fingerprint density at radius 1 is 0.861 bits per heavy atom. The third-order valence-electron chi connectivity index (χ3n) is 6.43. The van der Waals surface area contributed by atoms with E-state index in [2.05, 4.69) is 33.0 Å². The number of rotatable bonds is 9. The number of hydrogen-bond acceptors (Lipinski definition) is 6. The van der Waals surface area contributed by atoms with E-state index in [0.717, 1.165) is 36.0 Å². The number of anilines is 1. The van der Waals surface area contributed by atoms with Gasteiger partial charge in [-0.2, -0.15) is 4.31 Å². The van der Waals surface area contributed by atoms with Gasteiger partial charge in [-0.05, 0) is 59.7 Å². The molecule has 4 aromatic rings. The number of sulfonamides is 1. The molecule has 1 aromatic heterocycles. The third-order valence-corrected chi connectivity index (χ3v) is 8.28. The van der Waals surface area contributed by atoms with Gasteiger partial charge in [-0.1, -0.05) is 66.7 Å². The number of hydrazine groups is 1. The van der Waals surface area contributed by atoms with E-state index >= 15 is 0 Å². The Labute approximate surface area is 212 Å². The fourth-order valence-electron chi connectivity index (χ4n) is 4.69. The zero-order valence-corrected chi connectivity index (χ0v) is 20.7. The molecule has 0 spiro atoms. The van der Waals surface area contributed by atoms with Gasteiger partial charge in [-0.25, -0.2) is 23.8 Å². The summed E-state index contributed by atoms with van der Waals surface area (Å²) in [7, 11) is -3.78. The van der Waals surface area contributed by atoms with Crippen molar-refractivity contribution in [1.29, 1.82) is 0 Å². The van der Waals surface area contributed by atoms with Crippen LogP contribution in [0.15, 0.2) is 102 Å². The Kier molecular flexibility index (Phi) is 7.36. The summed E-state index contributed by atoms with van der Waals surface area (Å²) in [6.07, 6.45) is 6.03. The number of benzene rings is 3. The second-order valence-corrected chi connectivity index (χ2v) is 10.7. The zero-order valence-electron chi connectivity index (χ0n) is 19.9. The molecular weight excluding hydrogens is 470 g/mol. The second kappa shape index (κ2) is 11.0. The molecule has 0 bridgehead atoms. The van der Waals surface area contributed by atoms with Crippen molar-refractivity contribution in [2.24, 2.45) is 0 Å². The highest BCUT2D eigenvalue weighted by molar-refractivity contribution is 7.89. The van der Waals surface area contributed by atoms with Crippen LogP contribution in [0.3, 0.4) is 0 Å². The summed E-state index contributed by atoms with van der Waals surface area (Å²) in [5.41, 5.74) is 10.1. The Morgan fingerprint density at radius 2 is 1.61 bits per heavy atom. The first-order chi connectivity index (χ1) is 17.6. The van der Waals surface area contributed by atoms with Crippen LogP contribution in [0.1, 0.15) is 41.1 Å². The normalized spacial score (nSPS) is 15.4. The van der Waals surface area contributed by atoms with Crippen LogP contribution in [0.4, 0.5) is 5.95 Å². The molecule has 0 radical (unpaired) electrons. The highest BCUT2D eigenvalue weighted by Gasteiger charge is 2.35. The molecule has 7 nitrogen and oxygen atoms in total. The van der Waals surface area contributed by atoms with Crippen LogP contribution < -0.4 is 10.9 Å². The Balaban J connectivity index is 1.44. The van der Waals surface area contributed by atoms with Crippen LogP contribution in [0, 0.1) is 0 Å². The number of fused-ring (bicyclic) bond motifs is 1. The number of nitrogens with zero attached hydrogens (tertiary/aromatic N) is 3. The lowest BCUT2D eigenvalue weighted by atomic mass is 9.87. The quantitative estimate of drug-likeness (QED) is 0.320. The molecule has 0 amide bonds. The van der Waals surface area contributed by atoms with Crippen LogP contribution in [0.5, 0.6) is 0 Å². The highest BCUT2D eigenvalue weighted by atomic mass is 32.2. The molecule has 3 aromatic carbocycles. The highest BCUT2D eigenvalue weighted by Crippen LogP contribution is 2.38. The molecule has 36 heavy (non-hydrogen) atoms. The first-order valence-electron chi connectivity index (χ1n) is 12.1. The van der Waals surface area contributed by atoms with E-state index < -0.39 is 10.0 Å². The van der Waals surface area contributed by atoms with Crippen LogP contribution in [0.25, 0.3) is 0 Å². The van der Waals surface area contributed by atoms with E-state index in [0.29, 0.717) is 19.0 Å². The van der Waals surface area contributed by atoms with Crippen molar-refractivity contribution in [3.05, 3.63) is 120 Å². The zero-order chi connectivity index (χ0) is 24.8. The average Bonchev–Trinajstić information content (AvgIpc) is 2.93. The largest absolute Gasteiger partial charge is 0.289 e. The molecule has 1 heterocycles. The number of aryl methyl sites for hydroxylation is 1. The van der Waals surface area contributed by atoms with E-state index in [1.165, 1.54) is 5.56 Å². The Morgan fingerprint density at radius 3 is 2.44 bits per heavy atom. The fraction of sp³-hybridized carbons (Fsp3) is 0.214. The molecule has 184 valence electrons. The van der Waals surface area contributed by atoms with Gasteiger partial charge in [0.15, 0.2) is 0 Å². The van der Waals surface area contributed by atoms with E-state index in [9.17, 15) is 8.42 Å². The second-order valence-electron chi connectivity index (χ2n) is 8.84. The molecule has 8 heteroatoms. The minimum atomic E-state index is -3.78. The molecule has 0 saturated heterocycles. The lowest BCUT2D eigenvalue weighted by Gasteiger charge is -2.35. The van der Waals surface area contributed by atoms with Crippen molar-refractivity contribution in [1.82, 2.24) is 19.7 Å². The molecule has 1 aliphatic carbocycles. The van der Waals surface area contributed by atoms with Crippen LogP contribution in [-0.4, -0.2) is 22.7 Å². The van der Waals surface area contributed by atoms with Gasteiger partial charge in [0.2, 0.25) is 16.0 Å². The van der Waals surface area contributed by atoms with E-state index in [1.54, 1.807) is 41.0 Å². The standard InChI is InChI=1S/C28H29N5O2S/c34-36(35,25-14-6-11-23(19-25)20-31-32-28-29-17-8-18-30-28)33(21-22-9-2-1-3-10-22)27-16-7-13-24-12-4-5-15-26(24)27/h1-6,8-12,14-15,17-19,27,31H,7,13,16,20-21H2,(H,29,30,32). The predicted molar refractivity (Wildman–Crippen MR) is 140 cm³/mol. The average molecular weight is 500 g/mol. The van der Waals surface area contributed by atoms with Gasteiger partial charge in [0.05, 0.1) is 10.9 Å². The van der Waals surface area contributed by atoms with Crippen molar-refractivity contribution in [2.45, 2.75) is 43.3 Å². The van der Waals surface area contributed by atoms with Crippen LogP contribution >= 0.6 is 0 Å². The summed E-state index contributed by atoms with van der Waals surface area (Å²) in [5, 5.41) is 0. The maximum Gasteiger partial charge on any atom is 0.243 e. The smallest absolute Gasteiger partial charge is 0.243 e. The van der Waals surface area contributed by atoms with E-state index in [-0.39, 0.29) is 10.9 Å². The van der Waals surface area contributed by atoms with Gasteiger partial charge < -0.3 is 0 Å². The molecule has 1 unspecified atom stereocenters. The summed E-state index contributed by atoms with van der Waals surface area (Å²) in [5.74, 6) is 0.450. The Hall–Kier alpha value is -3.59. The lowest BCUT2D eigenvalue weighted by molar-refractivity contribution is 0.287. The van der Waals surface area contributed by atoms with Gasteiger partial charge in [-0.15, -0.1) is 0 Å². The van der Waals surface area contributed by atoms with Gasteiger partial charge >= 0.3 is 0 Å². The van der Waals surface area contributed by atoms with E-state index in [1.807, 2.05) is 48.5 Å². The molecule has 0 fully saturated rings. The summed E-state index contributed by atoms with van der Waals surface area (Å²) in [6, 6.07) is 26.7. The van der Waals surface area contributed by atoms with Gasteiger partial charge in [0, 0.05) is 25.5 Å². The summed E-state index contributed by atoms with van der Waals surface area (Å²) in [4.78, 5) is 8.51. The minimum absolute atomic E-state index is 0.209. The van der Waals surface area contributed by atoms with Crippen molar-refractivity contribution in [2.75, 3.05) is 5.43 Å². The monoisotopic (exact) mass is 499 g/mol. The Bertz CT molecular complexity index is 1400. The topological polar surface area (TPSA) is 87.2 Å². The maximum absolute atomic E-state index is 14.2. The number of hydrogen-bond donors (Lipinski definition) is 2. The lowest BCUT2D eigenvalue weighted by Crippen LogP contribution is -2.36. The van der Waals surface area contributed by atoms with E-state index in [4.69, 9.17) is 0 Å². The van der Waals surface area contributed by atoms with Gasteiger partial charge in [0.25, 0.3) is 0 Å². The van der Waals surface area contributed by atoms with Gasteiger partial charge in [0.1, 0.15) is 0 Å². The first kappa shape index (κ1) is 24.1. The SMILES string of the molecule is O=S(=O)(c1cccc(CNNc2ncccn2)c1)N(Cc1ccccc1)C1CCCc2ccccc21. The number of nitrogens with one attached hydrogen (secondary N) is 2. The van der Waals surface area contributed by atoms with Crippen molar-refractivity contribution in [3.63, 3.8) is 0 Å². The van der Waals surface area contributed by atoms with Crippen molar-refractivity contribution in [3.8, 4) is 0 Å². The van der Waals surface area contributed by atoms with Crippen molar-refractivity contribution >= 4 is 16.0 Å². The number of aromatic nitrogens is 2. The predicted octanol–water partition coefficient (Wildman–Crippen LogP) is 4.86. The summed E-state index contributed by atoms with van der Waals surface area (Å²) >= 11 is 0. The molecule has 0 aliphatic heterocycles. The molecule has 0 saturated carbocycles. The van der Waals surface area contributed by atoms with Crippen LogP contribution in [-0.2, 0) is 29.5 Å². The summed E-state index contributed by atoms with van der Waals surface area (Å²) < 4.78 is 30.0. The fourth-order valence-corrected chi connectivity index (χ4v) is 6.39. The molecule has 2 N–H and O–H groups in total. The van der Waals surface area contributed by atoms with Crippen molar-refractivity contribution < 1.29 is 8.42 Å². The van der Waals surface area contributed by atoms with Crippen LogP contribution in [0.2, 0.25) is 0 Å². The molecular formula is C28H29N5O2S. The molecule has 1 aliphatic rings. The molecule has 1 atom stereocenters. The first-order valence-corrected chi connectivity index (χ1v) is 13.5. The molecule has 5 rings (SSSR count). The van der Waals surface area contributed by atoms with Gasteiger partial charge in [-0.3, -0.25) is 5.43 Å². The minimum Gasteiger partial charge on any atom is -0.289 e. The summed E-state index contributed by atoms with van der Waals surface area (Å²) in [6.45, 7) is 0.726. The third kappa shape index (κ3) is 5.46. The maximum atomic E-state index is 14.2.